The zero-order chi connectivity index (χ0) is 17.7. The first kappa shape index (κ1) is 17.7. The predicted octanol–water partition coefficient (Wildman–Crippen LogP) is 3.12. The summed E-state index contributed by atoms with van der Waals surface area (Å²) in [6, 6.07) is 18.7. The molecule has 3 rings (SSSR count). The molecule has 2 aromatic carbocycles. The first-order valence-corrected chi connectivity index (χ1v) is 10.5. The van der Waals surface area contributed by atoms with Crippen LogP contribution in [0, 0.1) is 0 Å². The van der Waals surface area contributed by atoms with Gasteiger partial charge in [0.1, 0.15) is 11.6 Å². The first-order valence-electron chi connectivity index (χ1n) is 7.89. The number of aromatic nitrogens is 3. The molecule has 0 radical (unpaired) electrons. The van der Waals surface area contributed by atoms with Crippen molar-refractivity contribution in [3.05, 3.63) is 72.1 Å². The summed E-state index contributed by atoms with van der Waals surface area (Å²) >= 11 is 1.58. The highest BCUT2D eigenvalue weighted by molar-refractivity contribution is 7.99. The molecule has 3 aromatic rings. The largest absolute Gasteiger partial charge is 0.308 e. The SMILES string of the molecule is Cn1c(CS(=O)(=O)c2ccccc2)nnc1SCCc1ccccc1. The van der Waals surface area contributed by atoms with Gasteiger partial charge < -0.3 is 4.57 Å². The van der Waals surface area contributed by atoms with Gasteiger partial charge in [-0.25, -0.2) is 8.42 Å². The van der Waals surface area contributed by atoms with Crippen molar-refractivity contribution in [2.24, 2.45) is 7.05 Å². The average molecular weight is 374 g/mol. The number of nitrogens with zero attached hydrogens (tertiary/aromatic N) is 3. The van der Waals surface area contributed by atoms with Gasteiger partial charge in [-0.1, -0.05) is 60.3 Å². The minimum atomic E-state index is -3.42. The molecular weight excluding hydrogens is 354 g/mol. The van der Waals surface area contributed by atoms with Crippen molar-refractivity contribution in [1.29, 1.82) is 0 Å². The van der Waals surface area contributed by atoms with E-state index in [0.717, 1.165) is 17.3 Å². The van der Waals surface area contributed by atoms with Gasteiger partial charge in [-0.15, -0.1) is 10.2 Å². The number of hydrogen-bond donors (Lipinski definition) is 0. The zero-order valence-electron chi connectivity index (χ0n) is 13.9. The Morgan fingerprint density at radius 1 is 0.960 bits per heavy atom. The lowest BCUT2D eigenvalue weighted by Gasteiger charge is -2.05. The first-order chi connectivity index (χ1) is 12.1. The lowest BCUT2D eigenvalue weighted by Crippen LogP contribution is -2.09. The van der Waals surface area contributed by atoms with Crippen LogP contribution in [0.1, 0.15) is 11.4 Å². The monoisotopic (exact) mass is 373 g/mol. The molecular formula is C18H19N3O2S2. The Morgan fingerprint density at radius 2 is 1.60 bits per heavy atom. The van der Waals surface area contributed by atoms with Gasteiger partial charge >= 0.3 is 0 Å². The predicted molar refractivity (Wildman–Crippen MR) is 99.2 cm³/mol. The maximum atomic E-state index is 12.5. The molecule has 0 unspecified atom stereocenters. The van der Waals surface area contributed by atoms with Crippen LogP contribution >= 0.6 is 11.8 Å². The molecule has 5 nitrogen and oxygen atoms in total. The maximum absolute atomic E-state index is 12.5. The Bertz CT molecular complexity index is 923. The molecule has 1 heterocycles. The van der Waals surface area contributed by atoms with Crippen LogP contribution < -0.4 is 0 Å². The van der Waals surface area contributed by atoms with Crippen LogP contribution in [0.4, 0.5) is 0 Å². The van der Waals surface area contributed by atoms with Crippen LogP contribution in [0.25, 0.3) is 0 Å². The van der Waals surface area contributed by atoms with Gasteiger partial charge in [0.25, 0.3) is 0 Å². The van der Waals surface area contributed by atoms with Crippen LogP contribution in [0.2, 0.25) is 0 Å². The summed E-state index contributed by atoms with van der Waals surface area (Å²) in [7, 11) is -1.61. The summed E-state index contributed by atoms with van der Waals surface area (Å²) in [6.45, 7) is 0. The molecule has 0 fully saturated rings. The van der Waals surface area contributed by atoms with E-state index in [-0.39, 0.29) is 5.75 Å². The van der Waals surface area contributed by atoms with E-state index in [2.05, 4.69) is 22.3 Å². The summed E-state index contributed by atoms with van der Waals surface area (Å²) < 4.78 is 26.7. The molecule has 0 aliphatic heterocycles. The van der Waals surface area contributed by atoms with Crippen LogP contribution in [0.3, 0.4) is 0 Å². The van der Waals surface area contributed by atoms with Gasteiger partial charge in [0.2, 0.25) is 0 Å². The molecule has 0 atom stereocenters. The number of sulfone groups is 1. The molecule has 25 heavy (non-hydrogen) atoms. The highest BCUT2D eigenvalue weighted by Crippen LogP contribution is 2.20. The van der Waals surface area contributed by atoms with E-state index in [9.17, 15) is 8.42 Å². The van der Waals surface area contributed by atoms with Gasteiger partial charge in [0, 0.05) is 12.8 Å². The van der Waals surface area contributed by atoms with Crippen LogP contribution in [-0.2, 0) is 29.1 Å². The fraction of sp³-hybridized carbons (Fsp3) is 0.222. The molecule has 130 valence electrons. The van der Waals surface area contributed by atoms with E-state index in [0.29, 0.717) is 10.7 Å². The molecule has 0 saturated heterocycles. The quantitative estimate of drug-likeness (QED) is 0.595. The highest BCUT2D eigenvalue weighted by atomic mass is 32.2. The molecule has 0 aliphatic carbocycles. The third-order valence-corrected chi connectivity index (χ3v) is 6.46. The average Bonchev–Trinajstić information content (AvgIpc) is 2.96. The smallest absolute Gasteiger partial charge is 0.190 e. The molecule has 0 N–H and O–H groups in total. The summed E-state index contributed by atoms with van der Waals surface area (Å²) in [5.41, 5.74) is 1.27. The molecule has 1 aromatic heterocycles. The van der Waals surface area contributed by atoms with Gasteiger partial charge in [0.15, 0.2) is 15.0 Å². The second-order valence-corrected chi connectivity index (χ2v) is 8.67. The summed E-state index contributed by atoms with van der Waals surface area (Å²) in [5, 5.41) is 8.93. The molecule has 0 aliphatic rings. The number of aryl methyl sites for hydroxylation is 1. The van der Waals surface area contributed by atoms with Crippen LogP contribution in [0.5, 0.6) is 0 Å². The minimum absolute atomic E-state index is 0.153. The Labute approximate surface area is 152 Å². The van der Waals surface area contributed by atoms with E-state index < -0.39 is 9.84 Å². The second-order valence-electron chi connectivity index (χ2n) is 5.61. The highest BCUT2D eigenvalue weighted by Gasteiger charge is 2.19. The topological polar surface area (TPSA) is 64.8 Å². The summed E-state index contributed by atoms with van der Waals surface area (Å²) in [4.78, 5) is 0.302. The van der Waals surface area contributed by atoms with E-state index in [4.69, 9.17) is 0 Å². The van der Waals surface area contributed by atoms with Crippen molar-refractivity contribution in [3.8, 4) is 0 Å². The van der Waals surface area contributed by atoms with Gasteiger partial charge in [0.05, 0.1) is 4.90 Å². The fourth-order valence-corrected chi connectivity index (χ4v) is 4.63. The minimum Gasteiger partial charge on any atom is -0.308 e. The third kappa shape index (κ3) is 4.49. The Hall–Kier alpha value is -2.12. The fourth-order valence-electron chi connectivity index (χ4n) is 2.38. The van der Waals surface area contributed by atoms with E-state index in [1.54, 1.807) is 53.7 Å². The van der Waals surface area contributed by atoms with Crippen molar-refractivity contribution >= 4 is 21.6 Å². The lowest BCUT2D eigenvalue weighted by atomic mass is 10.2. The standard InChI is InChI=1S/C18H19N3O2S2/c1-21-17(14-25(22,23)16-10-6-3-7-11-16)19-20-18(21)24-13-12-15-8-4-2-5-9-15/h2-11H,12-14H2,1H3. The van der Waals surface area contributed by atoms with Gasteiger partial charge in [-0.2, -0.15) is 0 Å². The number of thioether (sulfide) groups is 1. The van der Waals surface area contributed by atoms with E-state index in [1.165, 1.54) is 5.56 Å². The maximum Gasteiger partial charge on any atom is 0.190 e. The molecule has 0 spiro atoms. The van der Waals surface area contributed by atoms with Crippen LogP contribution in [-0.4, -0.2) is 28.9 Å². The Kier molecular flexibility index (Phi) is 5.55. The number of hydrogen-bond acceptors (Lipinski definition) is 5. The second kappa shape index (κ2) is 7.84. The normalized spacial score (nSPS) is 11.6. The molecule has 7 heteroatoms. The van der Waals surface area contributed by atoms with Crippen molar-refractivity contribution < 1.29 is 8.42 Å². The van der Waals surface area contributed by atoms with E-state index >= 15 is 0 Å². The number of rotatable bonds is 7. The van der Waals surface area contributed by atoms with Crippen molar-refractivity contribution in [1.82, 2.24) is 14.8 Å². The van der Waals surface area contributed by atoms with Crippen LogP contribution in [0.15, 0.2) is 70.7 Å². The zero-order valence-corrected chi connectivity index (χ0v) is 15.5. The van der Waals surface area contributed by atoms with Crippen molar-refractivity contribution in [2.75, 3.05) is 5.75 Å². The van der Waals surface area contributed by atoms with Crippen molar-refractivity contribution in [2.45, 2.75) is 22.2 Å². The summed E-state index contributed by atoms with van der Waals surface area (Å²) in [6.07, 6.45) is 0.927. The summed E-state index contributed by atoms with van der Waals surface area (Å²) in [5.74, 6) is 1.16. The third-order valence-electron chi connectivity index (χ3n) is 3.81. The van der Waals surface area contributed by atoms with Gasteiger partial charge in [-0.3, -0.25) is 0 Å². The Morgan fingerprint density at radius 3 is 2.28 bits per heavy atom. The molecule has 0 saturated carbocycles. The lowest BCUT2D eigenvalue weighted by molar-refractivity contribution is 0.591. The van der Waals surface area contributed by atoms with Crippen molar-refractivity contribution in [3.63, 3.8) is 0 Å². The van der Waals surface area contributed by atoms with Gasteiger partial charge in [-0.05, 0) is 24.1 Å². The van der Waals surface area contributed by atoms with E-state index in [1.807, 2.05) is 18.2 Å². The molecule has 0 amide bonds. The number of benzene rings is 2. The molecule has 0 bridgehead atoms. The Balaban J connectivity index is 1.65.